The first kappa shape index (κ1) is 11.3. The minimum atomic E-state index is -0.381. The molecule has 0 amide bonds. The lowest BCUT2D eigenvalue weighted by Crippen LogP contribution is -1.97. The molecule has 0 bridgehead atoms. The van der Waals surface area contributed by atoms with E-state index in [4.69, 9.17) is 5.73 Å². The third-order valence-electron chi connectivity index (χ3n) is 2.44. The van der Waals surface area contributed by atoms with Gasteiger partial charge < -0.3 is 16.2 Å². The van der Waals surface area contributed by atoms with Crippen molar-refractivity contribution in [2.75, 3.05) is 11.1 Å². The van der Waals surface area contributed by atoms with Crippen molar-refractivity contribution in [1.29, 1.82) is 0 Å². The molecule has 88 valence electrons. The number of nitrogens with one attached hydrogen (secondary N) is 1. The summed E-state index contributed by atoms with van der Waals surface area (Å²) in [4.78, 5) is 0. The summed E-state index contributed by atoms with van der Waals surface area (Å²) < 4.78 is 13.1. The van der Waals surface area contributed by atoms with Crippen LogP contribution >= 0.6 is 0 Å². The normalized spacial score (nSPS) is 10.2. The highest BCUT2D eigenvalue weighted by molar-refractivity contribution is 5.75. The Balaban J connectivity index is 2.37. The van der Waals surface area contributed by atoms with Crippen LogP contribution in [0.25, 0.3) is 0 Å². The Kier molecular flexibility index (Phi) is 2.87. The highest BCUT2D eigenvalue weighted by Crippen LogP contribution is 2.30. The van der Waals surface area contributed by atoms with Crippen LogP contribution in [0.5, 0.6) is 5.75 Å². The molecule has 3 nitrogen and oxygen atoms in total. The minimum Gasteiger partial charge on any atom is -0.506 e. The number of phenols is 1. The van der Waals surface area contributed by atoms with Gasteiger partial charge in [0.2, 0.25) is 0 Å². The highest BCUT2D eigenvalue weighted by Gasteiger charge is 2.05. The fourth-order valence-corrected chi connectivity index (χ4v) is 1.53. The molecule has 0 saturated carbocycles. The molecule has 2 aromatic rings. The monoisotopic (exact) mass is 232 g/mol. The maximum Gasteiger partial charge on any atom is 0.139 e. The van der Waals surface area contributed by atoms with Crippen LogP contribution in [0.1, 0.15) is 5.56 Å². The summed E-state index contributed by atoms with van der Waals surface area (Å²) >= 11 is 0. The lowest BCUT2D eigenvalue weighted by Gasteiger charge is -2.11. The summed E-state index contributed by atoms with van der Waals surface area (Å²) in [5.74, 6) is -0.284. The molecule has 0 aliphatic carbocycles. The van der Waals surface area contributed by atoms with Gasteiger partial charge in [-0.15, -0.1) is 0 Å². The zero-order chi connectivity index (χ0) is 12.4. The molecule has 0 heterocycles. The van der Waals surface area contributed by atoms with Gasteiger partial charge in [0.25, 0.3) is 0 Å². The molecule has 0 aliphatic rings. The second-order valence-electron chi connectivity index (χ2n) is 3.88. The summed E-state index contributed by atoms with van der Waals surface area (Å²) in [6.45, 7) is 1.90. The van der Waals surface area contributed by atoms with Crippen molar-refractivity contribution in [3.63, 3.8) is 0 Å². The summed E-state index contributed by atoms with van der Waals surface area (Å²) in [6.07, 6.45) is 0. The van der Waals surface area contributed by atoms with E-state index in [2.05, 4.69) is 5.32 Å². The minimum absolute atomic E-state index is 0.0965. The van der Waals surface area contributed by atoms with Gasteiger partial charge in [0.1, 0.15) is 11.6 Å². The van der Waals surface area contributed by atoms with Crippen LogP contribution < -0.4 is 11.1 Å². The Labute approximate surface area is 98.7 Å². The summed E-state index contributed by atoms with van der Waals surface area (Å²) in [6, 6.07) is 9.18. The molecule has 0 fully saturated rings. The average Bonchev–Trinajstić information content (AvgIpc) is 2.28. The van der Waals surface area contributed by atoms with E-state index in [1.54, 1.807) is 18.2 Å². The highest BCUT2D eigenvalue weighted by atomic mass is 19.1. The van der Waals surface area contributed by atoms with Crippen LogP contribution in [0, 0.1) is 12.7 Å². The van der Waals surface area contributed by atoms with Gasteiger partial charge in [-0.25, -0.2) is 4.39 Å². The molecule has 0 radical (unpaired) electrons. The standard InChI is InChI=1S/C13H13FN2O/c1-8-2-5-13(17)12(6-8)16-11-7-9(14)3-4-10(11)15/h2-7,16-17H,15H2,1H3. The Morgan fingerprint density at radius 1 is 1.12 bits per heavy atom. The number of aromatic hydroxyl groups is 1. The third-order valence-corrected chi connectivity index (χ3v) is 2.44. The summed E-state index contributed by atoms with van der Waals surface area (Å²) in [5.41, 5.74) is 8.06. The van der Waals surface area contributed by atoms with Crippen molar-refractivity contribution in [2.24, 2.45) is 0 Å². The molecule has 0 aliphatic heterocycles. The van der Waals surface area contributed by atoms with Gasteiger partial charge in [-0.2, -0.15) is 0 Å². The van der Waals surface area contributed by atoms with Crippen molar-refractivity contribution < 1.29 is 9.50 Å². The Hall–Kier alpha value is -2.23. The molecule has 17 heavy (non-hydrogen) atoms. The number of nitrogen functional groups attached to an aromatic ring is 1. The van der Waals surface area contributed by atoms with Gasteiger partial charge >= 0.3 is 0 Å². The quantitative estimate of drug-likeness (QED) is 0.550. The topological polar surface area (TPSA) is 58.3 Å². The third kappa shape index (κ3) is 2.47. The average molecular weight is 232 g/mol. The molecule has 0 aromatic heterocycles. The lowest BCUT2D eigenvalue weighted by molar-refractivity contribution is 0.477. The van der Waals surface area contributed by atoms with Crippen molar-refractivity contribution in [3.8, 4) is 5.75 Å². The second kappa shape index (κ2) is 4.33. The number of benzene rings is 2. The van der Waals surface area contributed by atoms with E-state index < -0.39 is 0 Å². The molecule has 0 saturated heterocycles. The number of anilines is 3. The predicted molar refractivity (Wildman–Crippen MR) is 66.9 cm³/mol. The van der Waals surface area contributed by atoms with Gasteiger partial charge in [-0.05, 0) is 42.8 Å². The molecule has 0 unspecified atom stereocenters. The number of hydrogen-bond acceptors (Lipinski definition) is 3. The van der Waals surface area contributed by atoms with Crippen molar-refractivity contribution >= 4 is 17.1 Å². The Morgan fingerprint density at radius 2 is 1.88 bits per heavy atom. The van der Waals surface area contributed by atoms with Crippen LogP contribution in [0.15, 0.2) is 36.4 Å². The zero-order valence-electron chi connectivity index (χ0n) is 9.37. The van der Waals surface area contributed by atoms with Gasteiger partial charge in [-0.1, -0.05) is 6.07 Å². The second-order valence-corrected chi connectivity index (χ2v) is 3.88. The Morgan fingerprint density at radius 3 is 2.65 bits per heavy atom. The predicted octanol–water partition coefficient (Wildman–Crippen LogP) is 3.17. The first-order valence-electron chi connectivity index (χ1n) is 5.18. The van der Waals surface area contributed by atoms with E-state index in [-0.39, 0.29) is 11.6 Å². The molecule has 4 N–H and O–H groups in total. The zero-order valence-corrected chi connectivity index (χ0v) is 9.37. The van der Waals surface area contributed by atoms with E-state index in [0.717, 1.165) is 5.56 Å². The molecule has 2 aromatic carbocycles. The maximum absolute atomic E-state index is 13.1. The van der Waals surface area contributed by atoms with E-state index >= 15 is 0 Å². The fraction of sp³-hybridized carbons (Fsp3) is 0.0769. The largest absolute Gasteiger partial charge is 0.506 e. The number of aryl methyl sites for hydroxylation is 1. The summed E-state index contributed by atoms with van der Waals surface area (Å²) in [5, 5.41) is 12.6. The van der Waals surface area contributed by atoms with Crippen LogP contribution in [-0.4, -0.2) is 5.11 Å². The van der Waals surface area contributed by atoms with Crippen LogP contribution in [-0.2, 0) is 0 Å². The first-order valence-corrected chi connectivity index (χ1v) is 5.18. The number of nitrogens with two attached hydrogens (primary N) is 1. The summed E-state index contributed by atoms with van der Waals surface area (Å²) in [7, 11) is 0. The number of rotatable bonds is 2. The van der Waals surface area contributed by atoms with E-state index in [1.165, 1.54) is 18.2 Å². The van der Waals surface area contributed by atoms with Gasteiger partial charge in [-0.3, -0.25) is 0 Å². The number of hydrogen-bond donors (Lipinski definition) is 3. The van der Waals surface area contributed by atoms with Gasteiger partial charge in [0, 0.05) is 0 Å². The van der Waals surface area contributed by atoms with Crippen molar-refractivity contribution in [1.82, 2.24) is 0 Å². The molecule has 0 spiro atoms. The number of halogens is 1. The van der Waals surface area contributed by atoms with Crippen molar-refractivity contribution in [3.05, 3.63) is 47.8 Å². The number of phenolic OH excluding ortho intramolecular Hbond substituents is 1. The van der Waals surface area contributed by atoms with E-state index in [1.807, 2.05) is 6.92 Å². The van der Waals surface area contributed by atoms with Gasteiger partial charge in [0.15, 0.2) is 0 Å². The SMILES string of the molecule is Cc1ccc(O)c(Nc2cc(F)ccc2N)c1. The van der Waals surface area contributed by atoms with E-state index in [9.17, 15) is 9.50 Å². The first-order chi connectivity index (χ1) is 8.06. The lowest BCUT2D eigenvalue weighted by atomic mass is 10.2. The molecular weight excluding hydrogens is 219 g/mol. The van der Waals surface area contributed by atoms with Crippen LogP contribution in [0.3, 0.4) is 0 Å². The molecular formula is C13H13FN2O. The molecule has 4 heteroatoms. The molecule has 2 rings (SSSR count). The molecule has 0 atom stereocenters. The van der Waals surface area contributed by atoms with Crippen molar-refractivity contribution in [2.45, 2.75) is 6.92 Å². The van der Waals surface area contributed by atoms with Gasteiger partial charge in [0.05, 0.1) is 17.1 Å². The van der Waals surface area contributed by atoms with Crippen LogP contribution in [0.2, 0.25) is 0 Å². The smallest absolute Gasteiger partial charge is 0.139 e. The van der Waals surface area contributed by atoms with Crippen LogP contribution in [0.4, 0.5) is 21.5 Å². The maximum atomic E-state index is 13.1. The van der Waals surface area contributed by atoms with E-state index in [0.29, 0.717) is 17.1 Å². The fourth-order valence-electron chi connectivity index (χ4n) is 1.53. The Bertz CT molecular complexity index is 506.